The zero-order chi connectivity index (χ0) is 17.7. The van der Waals surface area contributed by atoms with E-state index in [0.717, 1.165) is 46.1 Å². The molecule has 0 fully saturated rings. The van der Waals surface area contributed by atoms with Gasteiger partial charge < -0.3 is 5.32 Å². The molecular formula is C19H16FN5S. The number of hydrogen-bond acceptors (Lipinski definition) is 5. The van der Waals surface area contributed by atoms with E-state index in [1.807, 2.05) is 31.3 Å². The van der Waals surface area contributed by atoms with Crippen LogP contribution in [0.25, 0.3) is 32.7 Å². The van der Waals surface area contributed by atoms with Crippen molar-refractivity contribution < 1.29 is 4.39 Å². The lowest BCUT2D eigenvalue weighted by atomic mass is 10.1. The highest BCUT2D eigenvalue weighted by Crippen LogP contribution is 2.33. The number of benzene rings is 1. The highest BCUT2D eigenvalue weighted by molar-refractivity contribution is 7.19. The lowest BCUT2D eigenvalue weighted by molar-refractivity contribution is 0.637. The minimum absolute atomic E-state index is 0.307. The fourth-order valence-electron chi connectivity index (χ4n) is 3.25. The van der Waals surface area contributed by atoms with E-state index in [-0.39, 0.29) is 5.82 Å². The van der Waals surface area contributed by atoms with Crippen LogP contribution in [0.5, 0.6) is 0 Å². The molecule has 130 valence electrons. The monoisotopic (exact) mass is 365 g/mol. The predicted octanol–water partition coefficient (Wildman–Crippen LogP) is 3.83. The molecule has 0 saturated carbocycles. The van der Waals surface area contributed by atoms with Gasteiger partial charge in [0.2, 0.25) is 0 Å². The number of rotatable bonds is 2. The fourth-order valence-corrected chi connectivity index (χ4v) is 4.33. The topological polar surface area (TPSA) is 55.1 Å². The van der Waals surface area contributed by atoms with E-state index in [2.05, 4.69) is 26.5 Å². The first-order valence-electron chi connectivity index (χ1n) is 8.51. The zero-order valence-electron chi connectivity index (χ0n) is 14.2. The van der Waals surface area contributed by atoms with Gasteiger partial charge in [-0.05, 0) is 49.7 Å². The first-order chi connectivity index (χ1) is 12.7. The highest BCUT2D eigenvalue weighted by Gasteiger charge is 2.16. The Morgan fingerprint density at radius 2 is 2.15 bits per heavy atom. The van der Waals surface area contributed by atoms with Gasteiger partial charge in [-0.25, -0.2) is 18.9 Å². The van der Waals surface area contributed by atoms with Gasteiger partial charge in [0, 0.05) is 12.1 Å². The predicted molar refractivity (Wildman–Crippen MR) is 102 cm³/mol. The molecule has 5 rings (SSSR count). The van der Waals surface area contributed by atoms with Gasteiger partial charge >= 0.3 is 0 Å². The average molecular weight is 365 g/mol. The first-order valence-corrected chi connectivity index (χ1v) is 9.33. The zero-order valence-corrected chi connectivity index (χ0v) is 15.0. The van der Waals surface area contributed by atoms with Crippen LogP contribution >= 0.6 is 11.3 Å². The van der Waals surface area contributed by atoms with E-state index in [1.54, 1.807) is 15.9 Å². The first kappa shape index (κ1) is 15.6. The summed E-state index contributed by atoms with van der Waals surface area (Å²) in [5.41, 5.74) is 4.78. The largest absolute Gasteiger partial charge is 0.313 e. The Hall–Kier alpha value is -2.64. The third-order valence-corrected chi connectivity index (χ3v) is 5.60. The standard InChI is InChI=1S/C19H16FN5S/c1-11-10-25-17(22-11)3-2-15(24-25)13-8-14(20)18-16(9-13)26-19(23-18)12-4-6-21-7-5-12/h2-4,8-10,21H,5-7H2,1H3. The van der Waals surface area contributed by atoms with Crippen molar-refractivity contribution in [3.63, 3.8) is 0 Å². The van der Waals surface area contributed by atoms with Crippen molar-refractivity contribution in [2.75, 3.05) is 13.1 Å². The summed E-state index contributed by atoms with van der Waals surface area (Å²) in [6.45, 7) is 3.70. The van der Waals surface area contributed by atoms with E-state index in [0.29, 0.717) is 11.2 Å². The Bertz CT molecular complexity index is 1170. The molecule has 26 heavy (non-hydrogen) atoms. The van der Waals surface area contributed by atoms with Crippen LogP contribution in [0.1, 0.15) is 17.1 Å². The van der Waals surface area contributed by atoms with Crippen LogP contribution in [0.15, 0.2) is 36.5 Å². The molecule has 1 N–H and O–H groups in total. The number of nitrogens with zero attached hydrogens (tertiary/aromatic N) is 4. The maximum absolute atomic E-state index is 14.7. The van der Waals surface area contributed by atoms with Crippen molar-refractivity contribution in [3.05, 3.63) is 53.1 Å². The van der Waals surface area contributed by atoms with Crippen LogP contribution in [-0.2, 0) is 0 Å². The molecular weight excluding hydrogens is 349 g/mol. The Morgan fingerprint density at radius 1 is 1.23 bits per heavy atom. The maximum atomic E-state index is 14.7. The molecule has 3 aromatic heterocycles. The molecule has 0 aliphatic carbocycles. The average Bonchev–Trinajstić information content (AvgIpc) is 3.24. The van der Waals surface area contributed by atoms with E-state index >= 15 is 0 Å². The Kier molecular flexibility index (Phi) is 3.58. The molecule has 0 unspecified atom stereocenters. The second-order valence-corrected chi connectivity index (χ2v) is 7.44. The molecule has 1 aromatic carbocycles. The summed E-state index contributed by atoms with van der Waals surface area (Å²) >= 11 is 1.54. The number of aromatic nitrogens is 4. The minimum atomic E-state index is -0.307. The smallest absolute Gasteiger partial charge is 0.153 e. The van der Waals surface area contributed by atoms with Crippen molar-refractivity contribution in [3.8, 4) is 11.3 Å². The summed E-state index contributed by atoms with van der Waals surface area (Å²) in [7, 11) is 0. The normalized spacial score (nSPS) is 14.9. The van der Waals surface area contributed by atoms with E-state index in [9.17, 15) is 4.39 Å². The van der Waals surface area contributed by atoms with Crippen LogP contribution in [0.2, 0.25) is 0 Å². The summed E-state index contributed by atoms with van der Waals surface area (Å²) in [4.78, 5) is 8.91. The molecule has 4 heterocycles. The summed E-state index contributed by atoms with van der Waals surface area (Å²) < 4.78 is 17.3. The van der Waals surface area contributed by atoms with Crippen molar-refractivity contribution in [1.29, 1.82) is 0 Å². The molecule has 0 bridgehead atoms. The fraction of sp³-hybridized carbons (Fsp3) is 0.211. The summed E-state index contributed by atoms with van der Waals surface area (Å²) in [6.07, 6.45) is 4.92. The van der Waals surface area contributed by atoms with Gasteiger partial charge in [0.05, 0.1) is 22.3 Å². The number of hydrogen-bond donors (Lipinski definition) is 1. The van der Waals surface area contributed by atoms with Crippen LogP contribution in [0, 0.1) is 12.7 Å². The van der Waals surface area contributed by atoms with Gasteiger partial charge in [-0.1, -0.05) is 6.08 Å². The lowest BCUT2D eigenvalue weighted by Crippen LogP contribution is -2.19. The summed E-state index contributed by atoms with van der Waals surface area (Å²) in [5.74, 6) is -0.307. The third-order valence-electron chi connectivity index (χ3n) is 4.52. The number of nitrogens with one attached hydrogen (secondary N) is 1. The van der Waals surface area contributed by atoms with Crippen molar-refractivity contribution in [2.45, 2.75) is 13.3 Å². The quantitative estimate of drug-likeness (QED) is 0.587. The molecule has 5 nitrogen and oxygen atoms in total. The summed E-state index contributed by atoms with van der Waals surface area (Å²) in [5, 5.41) is 8.76. The number of halogens is 1. The minimum Gasteiger partial charge on any atom is -0.313 e. The Balaban J connectivity index is 1.62. The molecule has 0 amide bonds. The molecule has 1 aliphatic heterocycles. The lowest BCUT2D eigenvalue weighted by Gasteiger charge is -2.10. The third kappa shape index (κ3) is 2.60. The van der Waals surface area contributed by atoms with Crippen molar-refractivity contribution >= 4 is 32.8 Å². The van der Waals surface area contributed by atoms with E-state index in [4.69, 9.17) is 0 Å². The van der Waals surface area contributed by atoms with Gasteiger partial charge in [0.15, 0.2) is 11.5 Å². The molecule has 0 spiro atoms. The summed E-state index contributed by atoms with van der Waals surface area (Å²) in [6, 6.07) is 7.26. The van der Waals surface area contributed by atoms with E-state index < -0.39 is 0 Å². The van der Waals surface area contributed by atoms with Crippen LogP contribution < -0.4 is 5.32 Å². The van der Waals surface area contributed by atoms with Gasteiger partial charge in [-0.15, -0.1) is 11.3 Å². The number of fused-ring (bicyclic) bond motifs is 2. The molecule has 0 saturated heterocycles. The van der Waals surface area contributed by atoms with Crippen LogP contribution in [0.3, 0.4) is 0 Å². The maximum Gasteiger partial charge on any atom is 0.153 e. The SMILES string of the molecule is Cc1cn2nc(-c3cc(F)c4nc(C5=CCNCC5)sc4c3)ccc2n1. The van der Waals surface area contributed by atoms with Gasteiger partial charge in [0.1, 0.15) is 10.5 Å². The van der Waals surface area contributed by atoms with Gasteiger partial charge in [0.25, 0.3) is 0 Å². The molecule has 0 atom stereocenters. The molecule has 7 heteroatoms. The number of thiazole rings is 1. The molecule has 1 aliphatic rings. The van der Waals surface area contributed by atoms with E-state index in [1.165, 1.54) is 11.6 Å². The molecule has 4 aromatic rings. The van der Waals surface area contributed by atoms with Gasteiger partial charge in [-0.2, -0.15) is 5.10 Å². The Morgan fingerprint density at radius 3 is 3.00 bits per heavy atom. The second kappa shape index (κ2) is 5.96. The molecule has 0 radical (unpaired) electrons. The number of imidazole rings is 1. The second-order valence-electron chi connectivity index (χ2n) is 6.41. The van der Waals surface area contributed by atoms with Crippen LogP contribution in [-0.4, -0.2) is 32.7 Å². The number of aryl methyl sites for hydroxylation is 1. The van der Waals surface area contributed by atoms with Crippen molar-refractivity contribution in [2.24, 2.45) is 0 Å². The van der Waals surface area contributed by atoms with Gasteiger partial charge in [-0.3, -0.25) is 0 Å². The Labute approximate surface area is 153 Å². The highest BCUT2D eigenvalue weighted by atomic mass is 32.1. The van der Waals surface area contributed by atoms with Crippen LogP contribution in [0.4, 0.5) is 4.39 Å². The van der Waals surface area contributed by atoms with Crippen molar-refractivity contribution in [1.82, 2.24) is 24.9 Å².